The van der Waals surface area contributed by atoms with Crippen molar-refractivity contribution >= 4 is 11.6 Å². The van der Waals surface area contributed by atoms with Crippen molar-refractivity contribution in [2.45, 2.75) is 25.8 Å². The van der Waals surface area contributed by atoms with Crippen molar-refractivity contribution in [2.75, 3.05) is 39.1 Å². The molecule has 20 heavy (non-hydrogen) atoms. The summed E-state index contributed by atoms with van der Waals surface area (Å²) in [5, 5.41) is 3.34. The van der Waals surface area contributed by atoms with Gasteiger partial charge in [-0.2, -0.15) is 0 Å². The monoisotopic (exact) mass is 275 g/mol. The summed E-state index contributed by atoms with van der Waals surface area (Å²) in [4.78, 5) is 15.4. The fourth-order valence-corrected chi connectivity index (χ4v) is 2.60. The minimum absolute atomic E-state index is 0.171. The third kappa shape index (κ3) is 3.73. The second-order valence-corrected chi connectivity index (χ2v) is 5.70. The first-order valence-electron chi connectivity index (χ1n) is 7.32. The van der Waals surface area contributed by atoms with Gasteiger partial charge in [0.05, 0.1) is 0 Å². The summed E-state index contributed by atoms with van der Waals surface area (Å²) >= 11 is 0. The van der Waals surface area contributed by atoms with Gasteiger partial charge in [0.2, 0.25) is 5.91 Å². The Morgan fingerprint density at radius 3 is 2.95 bits per heavy atom. The summed E-state index contributed by atoms with van der Waals surface area (Å²) < 4.78 is 0. The summed E-state index contributed by atoms with van der Waals surface area (Å²) in [6.45, 7) is 2.71. The molecule has 1 aliphatic rings. The van der Waals surface area contributed by atoms with Crippen LogP contribution >= 0.6 is 0 Å². The minimum atomic E-state index is 0.171. The molecule has 0 radical (unpaired) electrons. The Labute approximate surface area is 121 Å². The highest BCUT2D eigenvalue weighted by atomic mass is 16.2. The fourth-order valence-electron chi connectivity index (χ4n) is 2.60. The summed E-state index contributed by atoms with van der Waals surface area (Å²) in [6, 6.07) is 6.70. The molecule has 0 atom stereocenters. The van der Waals surface area contributed by atoms with Crippen LogP contribution in [0.15, 0.2) is 18.2 Å². The van der Waals surface area contributed by atoms with Crippen LogP contribution in [0.4, 0.5) is 5.69 Å². The van der Waals surface area contributed by atoms with Gasteiger partial charge in [-0.15, -0.1) is 0 Å². The van der Waals surface area contributed by atoms with E-state index in [0.717, 1.165) is 19.6 Å². The molecular weight excluding hydrogens is 250 g/mol. The number of rotatable bonds is 5. The molecule has 1 heterocycles. The molecule has 0 fully saturated rings. The topological polar surface area (TPSA) is 35.6 Å². The maximum Gasteiger partial charge on any atom is 0.223 e. The number of nitrogens with one attached hydrogen (secondary N) is 1. The fraction of sp³-hybridized carbons (Fsp3) is 0.562. The Hall–Kier alpha value is -1.55. The van der Waals surface area contributed by atoms with Crippen molar-refractivity contribution in [3.8, 4) is 0 Å². The van der Waals surface area contributed by atoms with Crippen LogP contribution in [0.2, 0.25) is 0 Å². The number of nitrogens with zero attached hydrogens (tertiary/aromatic N) is 2. The number of fused-ring (bicyclic) bond motifs is 1. The number of benzene rings is 1. The van der Waals surface area contributed by atoms with Crippen LogP contribution in [0.5, 0.6) is 0 Å². The molecule has 0 saturated carbocycles. The highest BCUT2D eigenvalue weighted by Crippen LogP contribution is 2.26. The van der Waals surface area contributed by atoms with Crippen molar-refractivity contribution in [2.24, 2.45) is 0 Å². The lowest BCUT2D eigenvalue weighted by molar-refractivity contribution is -0.128. The van der Waals surface area contributed by atoms with Gasteiger partial charge in [0.1, 0.15) is 0 Å². The lowest BCUT2D eigenvalue weighted by Gasteiger charge is -2.27. The van der Waals surface area contributed by atoms with E-state index in [0.29, 0.717) is 6.42 Å². The van der Waals surface area contributed by atoms with Crippen molar-refractivity contribution in [1.29, 1.82) is 0 Å². The molecule has 110 valence electrons. The quantitative estimate of drug-likeness (QED) is 0.830. The molecule has 2 rings (SSSR count). The first-order chi connectivity index (χ1) is 9.58. The smallest absolute Gasteiger partial charge is 0.223 e. The normalized spacial score (nSPS) is 14.1. The third-order valence-corrected chi connectivity index (χ3v) is 3.84. The molecular formula is C16H25N3O. The maximum atomic E-state index is 11.5. The largest absolute Gasteiger partial charge is 0.374 e. The van der Waals surface area contributed by atoms with Gasteiger partial charge in [-0.25, -0.2) is 0 Å². The van der Waals surface area contributed by atoms with Crippen molar-refractivity contribution < 1.29 is 4.79 Å². The van der Waals surface area contributed by atoms with Crippen LogP contribution in [0.25, 0.3) is 0 Å². The summed E-state index contributed by atoms with van der Waals surface area (Å²) in [7, 11) is 5.74. The molecule has 0 saturated heterocycles. The van der Waals surface area contributed by atoms with E-state index in [-0.39, 0.29) is 5.91 Å². The Morgan fingerprint density at radius 2 is 2.20 bits per heavy atom. The molecule has 0 aliphatic carbocycles. The van der Waals surface area contributed by atoms with Crippen molar-refractivity contribution in [3.63, 3.8) is 0 Å². The summed E-state index contributed by atoms with van der Waals surface area (Å²) in [6.07, 6.45) is 2.96. The van der Waals surface area contributed by atoms with Gasteiger partial charge in [0, 0.05) is 52.9 Å². The minimum Gasteiger partial charge on any atom is -0.374 e. The van der Waals surface area contributed by atoms with E-state index in [2.05, 4.69) is 35.5 Å². The van der Waals surface area contributed by atoms with E-state index >= 15 is 0 Å². The van der Waals surface area contributed by atoms with E-state index in [1.54, 1.807) is 19.0 Å². The highest BCUT2D eigenvalue weighted by Gasteiger charge is 2.13. The van der Waals surface area contributed by atoms with Gasteiger partial charge in [-0.05, 0) is 30.0 Å². The van der Waals surface area contributed by atoms with E-state index in [4.69, 9.17) is 0 Å². The van der Waals surface area contributed by atoms with Crippen molar-refractivity contribution in [1.82, 2.24) is 10.2 Å². The predicted octanol–water partition coefficient (Wildman–Crippen LogP) is 1.64. The van der Waals surface area contributed by atoms with Gasteiger partial charge >= 0.3 is 0 Å². The van der Waals surface area contributed by atoms with Gasteiger partial charge in [0.15, 0.2) is 0 Å². The van der Waals surface area contributed by atoms with Crippen LogP contribution < -0.4 is 10.2 Å². The molecule has 1 amide bonds. The number of anilines is 1. The lowest BCUT2D eigenvalue weighted by atomic mass is 9.99. The SMILES string of the molecule is CN(C)C(=O)CCNCc1ccc2c(c1)CCCN2C. The molecule has 4 nitrogen and oxygen atoms in total. The van der Waals surface area contributed by atoms with E-state index in [9.17, 15) is 4.79 Å². The zero-order valence-corrected chi connectivity index (χ0v) is 12.8. The zero-order chi connectivity index (χ0) is 14.5. The van der Waals surface area contributed by atoms with E-state index < -0.39 is 0 Å². The Morgan fingerprint density at radius 1 is 1.40 bits per heavy atom. The number of hydrogen-bond donors (Lipinski definition) is 1. The molecule has 0 spiro atoms. The van der Waals surface area contributed by atoms with Crippen LogP contribution in [0, 0.1) is 0 Å². The van der Waals surface area contributed by atoms with E-state index in [1.165, 1.54) is 29.7 Å². The van der Waals surface area contributed by atoms with Gasteiger partial charge < -0.3 is 15.1 Å². The summed E-state index contributed by atoms with van der Waals surface area (Å²) in [5.41, 5.74) is 4.11. The molecule has 1 aliphatic heterocycles. The zero-order valence-electron chi connectivity index (χ0n) is 12.8. The molecule has 0 aromatic heterocycles. The van der Waals surface area contributed by atoms with E-state index in [1.807, 2.05) is 0 Å². The van der Waals surface area contributed by atoms with Crippen LogP contribution in [-0.2, 0) is 17.8 Å². The molecule has 1 aromatic rings. The first-order valence-corrected chi connectivity index (χ1v) is 7.32. The number of carbonyl (C=O) groups excluding carboxylic acids is 1. The van der Waals surface area contributed by atoms with Gasteiger partial charge in [-0.1, -0.05) is 12.1 Å². The highest BCUT2D eigenvalue weighted by molar-refractivity contribution is 5.75. The van der Waals surface area contributed by atoms with Crippen LogP contribution in [0.3, 0.4) is 0 Å². The summed E-state index contributed by atoms with van der Waals surface area (Å²) in [5.74, 6) is 0.171. The number of aryl methyl sites for hydroxylation is 1. The van der Waals surface area contributed by atoms with Crippen LogP contribution in [-0.4, -0.2) is 45.0 Å². The molecule has 1 aromatic carbocycles. The average molecular weight is 275 g/mol. The Balaban J connectivity index is 1.84. The molecule has 4 heteroatoms. The standard InChI is InChI=1S/C16H25N3O/c1-18(2)16(20)8-9-17-12-13-6-7-15-14(11-13)5-4-10-19(15)3/h6-7,11,17H,4-5,8-10,12H2,1-3H3. The Kier molecular flexibility index (Phi) is 5.01. The molecule has 1 N–H and O–H groups in total. The Bertz CT molecular complexity index is 471. The van der Waals surface area contributed by atoms with Crippen molar-refractivity contribution in [3.05, 3.63) is 29.3 Å². The third-order valence-electron chi connectivity index (χ3n) is 3.84. The predicted molar refractivity (Wildman–Crippen MR) is 83.1 cm³/mol. The van der Waals surface area contributed by atoms with Gasteiger partial charge in [-0.3, -0.25) is 4.79 Å². The van der Waals surface area contributed by atoms with Crippen LogP contribution in [0.1, 0.15) is 24.0 Å². The number of amides is 1. The number of hydrogen-bond acceptors (Lipinski definition) is 3. The molecule has 0 unspecified atom stereocenters. The first kappa shape index (κ1) is 14.9. The second kappa shape index (κ2) is 6.75. The van der Waals surface area contributed by atoms with Gasteiger partial charge in [0.25, 0.3) is 0 Å². The number of carbonyl (C=O) groups is 1. The second-order valence-electron chi connectivity index (χ2n) is 5.70. The molecule has 0 bridgehead atoms. The maximum absolute atomic E-state index is 11.5. The average Bonchev–Trinajstić information content (AvgIpc) is 2.43. The lowest BCUT2D eigenvalue weighted by Crippen LogP contribution is -2.27.